The first kappa shape index (κ1) is 28.3. The highest BCUT2D eigenvalue weighted by molar-refractivity contribution is 7.26. The molecule has 11 aromatic rings. The van der Waals surface area contributed by atoms with Crippen LogP contribution in [-0.4, -0.2) is 9.97 Å². The molecule has 0 saturated carbocycles. The highest BCUT2D eigenvalue weighted by Crippen LogP contribution is 2.43. The first-order valence-electron chi connectivity index (χ1n) is 17.0. The summed E-state index contributed by atoms with van der Waals surface area (Å²) >= 11 is 1.80. The zero-order chi connectivity index (χ0) is 33.5. The number of benzene rings is 7. The minimum absolute atomic E-state index is 0.677. The van der Waals surface area contributed by atoms with Gasteiger partial charge in [-0.2, -0.15) is 0 Å². The van der Waals surface area contributed by atoms with E-state index in [-0.39, 0.29) is 0 Å². The van der Waals surface area contributed by atoms with Gasteiger partial charge in [0.15, 0.2) is 11.4 Å². The SMILES string of the molecule is c1ccc(-c2ccc3oc4c(-c5ccccc5)nc(-c5cccc6sc7ccc(-c8ccc9oc%10ccccc%10c9c8)cc7c56)nc4c3c2)cc1. The molecule has 238 valence electrons. The molecule has 11 rings (SSSR count). The molecule has 0 aliphatic rings. The van der Waals surface area contributed by atoms with Gasteiger partial charge < -0.3 is 8.83 Å². The number of hydrogen-bond donors (Lipinski definition) is 0. The zero-order valence-corrected chi connectivity index (χ0v) is 27.9. The van der Waals surface area contributed by atoms with E-state index in [9.17, 15) is 0 Å². The molecule has 0 spiro atoms. The maximum atomic E-state index is 6.55. The van der Waals surface area contributed by atoms with Gasteiger partial charge >= 0.3 is 0 Å². The van der Waals surface area contributed by atoms with Crippen LogP contribution >= 0.6 is 11.3 Å². The Kier molecular flexibility index (Phi) is 6.09. The number of rotatable bonds is 4. The maximum absolute atomic E-state index is 6.55. The van der Waals surface area contributed by atoms with Gasteiger partial charge in [-0.3, -0.25) is 0 Å². The van der Waals surface area contributed by atoms with E-state index in [4.69, 9.17) is 18.8 Å². The van der Waals surface area contributed by atoms with Gasteiger partial charge in [0.05, 0.1) is 0 Å². The van der Waals surface area contributed by atoms with Gasteiger partial charge in [-0.15, -0.1) is 11.3 Å². The third-order valence-electron chi connectivity index (χ3n) is 9.91. The fourth-order valence-corrected chi connectivity index (χ4v) is 8.58. The summed E-state index contributed by atoms with van der Waals surface area (Å²) in [5.74, 6) is 0.677. The maximum Gasteiger partial charge on any atom is 0.180 e. The molecule has 51 heavy (non-hydrogen) atoms. The van der Waals surface area contributed by atoms with Crippen molar-refractivity contribution in [2.24, 2.45) is 0 Å². The van der Waals surface area contributed by atoms with Crippen LogP contribution in [0.1, 0.15) is 0 Å². The van der Waals surface area contributed by atoms with Gasteiger partial charge in [0.1, 0.15) is 28.0 Å². The van der Waals surface area contributed by atoms with E-state index in [1.807, 2.05) is 42.5 Å². The second-order valence-corrected chi connectivity index (χ2v) is 14.0. The number of thiophene rings is 1. The quantitative estimate of drug-likeness (QED) is 0.187. The number of para-hydroxylation sites is 1. The van der Waals surface area contributed by atoms with E-state index >= 15 is 0 Å². The topological polar surface area (TPSA) is 52.1 Å². The molecule has 4 heterocycles. The van der Waals surface area contributed by atoms with Crippen molar-refractivity contribution in [1.29, 1.82) is 0 Å². The number of nitrogens with zero attached hydrogens (tertiary/aromatic N) is 2. The summed E-state index contributed by atoms with van der Waals surface area (Å²) in [6.45, 7) is 0. The molecule has 0 radical (unpaired) electrons. The molecule has 0 atom stereocenters. The summed E-state index contributed by atoms with van der Waals surface area (Å²) < 4.78 is 15.1. The molecule has 0 saturated heterocycles. The van der Waals surface area contributed by atoms with Gasteiger partial charge in [0.2, 0.25) is 0 Å². The first-order valence-corrected chi connectivity index (χ1v) is 17.8. The smallest absolute Gasteiger partial charge is 0.180 e. The lowest BCUT2D eigenvalue weighted by atomic mass is 9.99. The van der Waals surface area contributed by atoms with E-state index in [2.05, 4.69) is 115 Å². The van der Waals surface area contributed by atoms with Gasteiger partial charge in [0, 0.05) is 47.5 Å². The van der Waals surface area contributed by atoms with Crippen LogP contribution in [0.3, 0.4) is 0 Å². The minimum Gasteiger partial charge on any atom is -0.456 e. The molecule has 0 aliphatic carbocycles. The van der Waals surface area contributed by atoms with E-state index < -0.39 is 0 Å². The van der Waals surface area contributed by atoms with Crippen LogP contribution in [0.25, 0.3) is 109 Å². The Hall–Kier alpha value is -6.56. The van der Waals surface area contributed by atoms with Crippen molar-refractivity contribution in [3.63, 3.8) is 0 Å². The highest BCUT2D eigenvalue weighted by atomic mass is 32.1. The first-order chi connectivity index (χ1) is 25.2. The summed E-state index contributed by atoms with van der Waals surface area (Å²) in [4.78, 5) is 10.6. The molecule has 0 amide bonds. The largest absolute Gasteiger partial charge is 0.456 e. The number of hydrogen-bond acceptors (Lipinski definition) is 5. The van der Waals surface area contributed by atoms with Crippen LogP contribution in [0.4, 0.5) is 0 Å². The van der Waals surface area contributed by atoms with Crippen LogP contribution in [0.15, 0.2) is 167 Å². The standard InChI is InChI=1S/C46H26N2O2S/c1-3-10-27(11-4-1)29-18-22-39-35(25-29)44-45(50-39)43(28-12-5-2-6-13-28)47-46(48-44)33-15-9-17-41-42(33)36-26-31(20-23-40(36)51-41)30-19-21-38-34(24-30)32-14-7-8-16-37(32)49-38/h1-26H. The van der Waals surface area contributed by atoms with Gasteiger partial charge in [-0.1, -0.05) is 109 Å². The molecule has 7 aromatic carbocycles. The fraction of sp³-hybridized carbons (Fsp3) is 0. The third-order valence-corrected chi connectivity index (χ3v) is 11.0. The van der Waals surface area contributed by atoms with Crippen molar-refractivity contribution < 1.29 is 8.83 Å². The number of fused-ring (bicyclic) bond motifs is 9. The Labute approximate surface area is 295 Å². The van der Waals surface area contributed by atoms with Crippen molar-refractivity contribution in [2.75, 3.05) is 0 Å². The van der Waals surface area contributed by atoms with E-state index in [0.29, 0.717) is 11.4 Å². The third kappa shape index (κ3) is 4.45. The Bertz CT molecular complexity index is 3140. The van der Waals surface area contributed by atoms with Gasteiger partial charge in [-0.25, -0.2) is 9.97 Å². The van der Waals surface area contributed by atoms with Crippen molar-refractivity contribution in [2.45, 2.75) is 0 Å². The molecule has 0 fully saturated rings. The van der Waals surface area contributed by atoms with E-state index in [1.165, 1.54) is 14.8 Å². The molecule has 0 bridgehead atoms. The average Bonchev–Trinajstić information content (AvgIpc) is 3.88. The summed E-state index contributed by atoms with van der Waals surface area (Å²) in [5, 5.41) is 5.57. The Balaban J connectivity index is 1.14. The lowest BCUT2D eigenvalue weighted by Gasteiger charge is -2.08. The second-order valence-electron chi connectivity index (χ2n) is 12.9. The summed E-state index contributed by atoms with van der Waals surface area (Å²) in [5.41, 5.74) is 11.4. The summed E-state index contributed by atoms with van der Waals surface area (Å²) in [7, 11) is 0. The molecule has 4 aromatic heterocycles. The van der Waals surface area contributed by atoms with Crippen molar-refractivity contribution in [3.05, 3.63) is 158 Å². The average molecular weight is 671 g/mol. The molecule has 0 unspecified atom stereocenters. The van der Waals surface area contributed by atoms with Crippen LogP contribution in [-0.2, 0) is 0 Å². The molecule has 0 aliphatic heterocycles. The summed E-state index contributed by atoms with van der Waals surface area (Å²) in [6.07, 6.45) is 0. The lowest BCUT2D eigenvalue weighted by molar-refractivity contribution is 0.667. The highest BCUT2D eigenvalue weighted by Gasteiger charge is 2.21. The Morgan fingerprint density at radius 3 is 1.88 bits per heavy atom. The minimum atomic E-state index is 0.677. The zero-order valence-electron chi connectivity index (χ0n) is 27.1. The Morgan fingerprint density at radius 2 is 1.06 bits per heavy atom. The number of aromatic nitrogens is 2. The van der Waals surface area contributed by atoms with Crippen molar-refractivity contribution >= 4 is 75.5 Å². The second kappa shape index (κ2) is 11.0. The van der Waals surface area contributed by atoms with Crippen molar-refractivity contribution in [1.82, 2.24) is 9.97 Å². The molecule has 4 nitrogen and oxygen atoms in total. The molecular formula is C46H26N2O2S. The Morgan fingerprint density at radius 1 is 0.412 bits per heavy atom. The predicted molar refractivity (Wildman–Crippen MR) is 211 cm³/mol. The summed E-state index contributed by atoms with van der Waals surface area (Å²) in [6, 6.07) is 55.0. The monoisotopic (exact) mass is 670 g/mol. The predicted octanol–water partition coefficient (Wildman–Crippen LogP) is 13.3. The molecule has 5 heteroatoms. The van der Waals surface area contributed by atoms with Crippen LogP contribution in [0, 0.1) is 0 Å². The molecule has 0 N–H and O–H groups in total. The molecular weight excluding hydrogens is 645 g/mol. The normalized spacial score (nSPS) is 11.9. The lowest BCUT2D eigenvalue weighted by Crippen LogP contribution is -1.94. The van der Waals surface area contributed by atoms with Crippen molar-refractivity contribution in [3.8, 4) is 44.9 Å². The number of furan rings is 2. The van der Waals surface area contributed by atoms with Crippen LogP contribution in [0.2, 0.25) is 0 Å². The van der Waals surface area contributed by atoms with Gasteiger partial charge in [-0.05, 0) is 70.8 Å². The van der Waals surface area contributed by atoms with Gasteiger partial charge in [0.25, 0.3) is 0 Å². The fourth-order valence-electron chi connectivity index (χ4n) is 7.46. The van der Waals surface area contributed by atoms with E-state index in [1.54, 1.807) is 11.3 Å². The van der Waals surface area contributed by atoms with Crippen LogP contribution < -0.4 is 0 Å². The van der Waals surface area contributed by atoms with Crippen LogP contribution in [0.5, 0.6) is 0 Å². The van der Waals surface area contributed by atoms with E-state index in [0.717, 1.165) is 82.9 Å².